The number of hydrogen-bond donors (Lipinski definition) is 2. The molecule has 2 N–H and O–H groups in total. The molecule has 3 rings (SSSR count). The second-order valence-electron chi connectivity index (χ2n) is 6.21. The Morgan fingerprint density at radius 1 is 1.28 bits per heavy atom. The van der Waals surface area contributed by atoms with Crippen LogP contribution in [0.1, 0.15) is 42.1 Å². The smallest absolute Gasteiger partial charge is 0.251 e. The highest BCUT2D eigenvalue weighted by Gasteiger charge is 2.27. The van der Waals surface area contributed by atoms with Crippen LogP contribution in [0.25, 0.3) is 0 Å². The number of aryl methyl sites for hydroxylation is 1. The van der Waals surface area contributed by atoms with E-state index in [-0.39, 0.29) is 16.8 Å². The monoisotopic (exact) mass is 362 g/mol. The van der Waals surface area contributed by atoms with Crippen molar-refractivity contribution in [3.63, 3.8) is 0 Å². The first kappa shape index (κ1) is 17.6. The Morgan fingerprint density at radius 2 is 2.00 bits per heavy atom. The van der Waals surface area contributed by atoms with Crippen molar-refractivity contribution in [3.05, 3.63) is 47.8 Å². The summed E-state index contributed by atoms with van der Waals surface area (Å²) in [6, 6.07) is 6.02. The van der Waals surface area contributed by atoms with Gasteiger partial charge in [-0.1, -0.05) is 6.92 Å². The zero-order valence-electron chi connectivity index (χ0n) is 14.1. The van der Waals surface area contributed by atoms with Crippen LogP contribution in [0, 0.1) is 0 Å². The molecule has 25 heavy (non-hydrogen) atoms. The molecule has 7 nitrogen and oxygen atoms in total. The van der Waals surface area contributed by atoms with Gasteiger partial charge in [0, 0.05) is 36.5 Å². The molecule has 0 aliphatic heterocycles. The number of carbonyl (C=O) groups is 1. The fraction of sp³-hybridized carbons (Fsp3) is 0.412. The van der Waals surface area contributed by atoms with Gasteiger partial charge >= 0.3 is 0 Å². The second kappa shape index (κ2) is 7.37. The molecule has 0 radical (unpaired) electrons. The third-order valence-electron chi connectivity index (χ3n) is 3.92. The summed E-state index contributed by atoms with van der Waals surface area (Å²) >= 11 is 0. The third kappa shape index (κ3) is 4.67. The summed E-state index contributed by atoms with van der Waals surface area (Å²) in [6.07, 6.45) is 6.40. The van der Waals surface area contributed by atoms with E-state index in [4.69, 9.17) is 0 Å². The highest BCUT2D eigenvalue weighted by atomic mass is 32.2. The van der Waals surface area contributed by atoms with Gasteiger partial charge in [-0.3, -0.25) is 9.48 Å². The van der Waals surface area contributed by atoms with E-state index in [1.165, 1.54) is 24.3 Å². The SMILES string of the molecule is CCCn1cc(CNC(=O)c2ccc(S(=O)(=O)NC3CC3)cc2)cn1. The van der Waals surface area contributed by atoms with Crippen molar-refractivity contribution < 1.29 is 13.2 Å². The van der Waals surface area contributed by atoms with Gasteiger partial charge in [-0.25, -0.2) is 13.1 Å². The molecular weight excluding hydrogens is 340 g/mol. The minimum absolute atomic E-state index is 0.0570. The number of nitrogens with one attached hydrogen (secondary N) is 2. The maximum atomic E-state index is 12.2. The summed E-state index contributed by atoms with van der Waals surface area (Å²) < 4.78 is 28.7. The fourth-order valence-electron chi connectivity index (χ4n) is 2.41. The van der Waals surface area contributed by atoms with Gasteiger partial charge in [-0.05, 0) is 43.5 Å². The largest absolute Gasteiger partial charge is 0.348 e. The van der Waals surface area contributed by atoms with Gasteiger partial charge < -0.3 is 5.32 Å². The van der Waals surface area contributed by atoms with Crippen LogP contribution in [0.2, 0.25) is 0 Å². The molecule has 1 amide bonds. The number of rotatable bonds is 8. The zero-order chi connectivity index (χ0) is 17.9. The van der Waals surface area contributed by atoms with Gasteiger partial charge in [0.1, 0.15) is 0 Å². The molecule has 8 heteroatoms. The van der Waals surface area contributed by atoms with E-state index in [9.17, 15) is 13.2 Å². The maximum Gasteiger partial charge on any atom is 0.251 e. The minimum Gasteiger partial charge on any atom is -0.348 e. The molecule has 1 aromatic carbocycles. The van der Waals surface area contributed by atoms with Gasteiger partial charge in [-0.2, -0.15) is 5.10 Å². The van der Waals surface area contributed by atoms with E-state index in [1.807, 2.05) is 10.9 Å². The van der Waals surface area contributed by atoms with Crippen LogP contribution in [0.15, 0.2) is 41.6 Å². The van der Waals surface area contributed by atoms with E-state index in [0.717, 1.165) is 31.4 Å². The van der Waals surface area contributed by atoms with Gasteiger partial charge in [0.05, 0.1) is 11.1 Å². The Kier molecular flexibility index (Phi) is 5.19. The topological polar surface area (TPSA) is 93.1 Å². The summed E-state index contributed by atoms with van der Waals surface area (Å²) in [5.74, 6) is -0.248. The summed E-state index contributed by atoms with van der Waals surface area (Å²) in [7, 11) is -3.49. The molecule has 2 aromatic rings. The van der Waals surface area contributed by atoms with Crippen LogP contribution in [0.5, 0.6) is 0 Å². The predicted octanol–water partition coefficient (Wildman–Crippen LogP) is 1.66. The van der Waals surface area contributed by atoms with Gasteiger partial charge in [0.2, 0.25) is 10.0 Å². The Morgan fingerprint density at radius 3 is 2.64 bits per heavy atom. The van der Waals surface area contributed by atoms with Crippen molar-refractivity contribution in [1.82, 2.24) is 19.8 Å². The molecule has 134 valence electrons. The number of amides is 1. The molecular formula is C17H22N4O3S. The van der Waals surface area contributed by atoms with Gasteiger partial charge in [0.15, 0.2) is 0 Å². The quantitative estimate of drug-likeness (QED) is 0.747. The third-order valence-corrected chi connectivity index (χ3v) is 5.45. The Balaban J connectivity index is 1.58. The van der Waals surface area contributed by atoms with Crippen molar-refractivity contribution >= 4 is 15.9 Å². The van der Waals surface area contributed by atoms with Crippen LogP contribution in [-0.2, 0) is 23.1 Å². The predicted molar refractivity (Wildman–Crippen MR) is 93.5 cm³/mol. The fourth-order valence-corrected chi connectivity index (χ4v) is 3.71. The summed E-state index contributed by atoms with van der Waals surface area (Å²) in [4.78, 5) is 12.4. The lowest BCUT2D eigenvalue weighted by Crippen LogP contribution is -2.26. The normalized spacial score (nSPS) is 14.4. The lowest BCUT2D eigenvalue weighted by atomic mass is 10.2. The summed E-state index contributed by atoms with van der Waals surface area (Å²) in [5, 5.41) is 7.03. The van der Waals surface area contributed by atoms with Crippen molar-refractivity contribution in [2.45, 2.75) is 50.2 Å². The van der Waals surface area contributed by atoms with Crippen molar-refractivity contribution in [2.75, 3.05) is 0 Å². The number of nitrogens with zero attached hydrogens (tertiary/aromatic N) is 2. The van der Waals surface area contributed by atoms with Crippen LogP contribution in [-0.4, -0.2) is 30.1 Å². The average Bonchev–Trinajstić information content (AvgIpc) is 3.28. The molecule has 0 bridgehead atoms. The van der Waals surface area contributed by atoms with Crippen molar-refractivity contribution in [1.29, 1.82) is 0 Å². The first-order valence-corrected chi connectivity index (χ1v) is 9.88. The number of sulfonamides is 1. The molecule has 0 saturated heterocycles. The standard InChI is InChI=1S/C17H22N4O3S/c1-2-9-21-12-13(11-19-21)10-18-17(22)14-3-7-16(8-4-14)25(23,24)20-15-5-6-15/h3-4,7-8,11-12,15,20H,2,5-6,9-10H2,1H3,(H,18,22). The minimum atomic E-state index is -3.49. The molecule has 1 aliphatic carbocycles. The number of benzene rings is 1. The van der Waals surface area contributed by atoms with E-state index in [1.54, 1.807) is 6.20 Å². The lowest BCUT2D eigenvalue weighted by molar-refractivity contribution is 0.0951. The summed E-state index contributed by atoms with van der Waals surface area (Å²) in [6.45, 7) is 3.30. The van der Waals surface area contributed by atoms with E-state index in [2.05, 4.69) is 22.1 Å². The first-order chi connectivity index (χ1) is 12.0. The number of carbonyl (C=O) groups excluding carboxylic acids is 1. The van der Waals surface area contributed by atoms with Crippen LogP contribution in [0.3, 0.4) is 0 Å². The average molecular weight is 362 g/mol. The van der Waals surface area contributed by atoms with Crippen molar-refractivity contribution in [2.24, 2.45) is 0 Å². The molecule has 1 heterocycles. The van der Waals surface area contributed by atoms with Crippen LogP contribution >= 0.6 is 0 Å². The molecule has 1 fully saturated rings. The maximum absolute atomic E-state index is 12.2. The van der Waals surface area contributed by atoms with E-state index < -0.39 is 10.0 Å². The Bertz CT molecular complexity index is 839. The molecule has 1 aromatic heterocycles. The Hall–Kier alpha value is -2.19. The molecule has 1 aliphatic rings. The van der Waals surface area contributed by atoms with E-state index >= 15 is 0 Å². The zero-order valence-corrected chi connectivity index (χ0v) is 14.9. The highest BCUT2D eigenvalue weighted by Crippen LogP contribution is 2.22. The van der Waals surface area contributed by atoms with Crippen LogP contribution < -0.4 is 10.0 Å². The number of aromatic nitrogens is 2. The Labute approximate surface area is 147 Å². The molecule has 0 spiro atoms. The second-order valence-corrected chi connectivity index (χ2v) is 7.93. The van der Waals surface area contributed by atoms with E-state index in [0.29, 0.717) is 12.1 Å². The van der Waals surface area contributed by atoms with Crippen LogP contribution in [0.4, 0.5) is 0 Å². The first-order valence-electron chi connectivity index (χ1n) is 8.40. The highest BCUT2D eigenvalue weighted by molar-refractivity contribution is 7.89. The number of hydrogen-bond acceptors (Lipinski definition) is 4. The lowest BCUT2D eigenvalue weighted by Gasteiger charge is -2.07. The molecule has 1 saturated carbocycles. The van der Waals surface area contributed by atoms with Gasteiger partial charge in [0.25, 0.3) is 5.91 Å². The molecule has 0 unspecified atom stereocenters. The summed E-state index contributed by atoms with van der Waals surface area (Å²) in [5.41, 5.74) is 1.35. The van der Waals surface area contributed by atoms with Gasteiger partial charge in [-0.15, -0.1) is 0 Å². The molecule has 0 atom stereocenters. The van der Waals surface area contributed by atoms with Crippen molar-refractivity contribution in [3.8, 4) is 0 Å².